The lowest BCUT2D eigenvalue weighted by Gasteiger charge is -2.35. The zero-order chi connectivity index (χ0) is 22.7. The van der Waals surface area contributed by atoms with Gasteiger partial charge in [-0.25, -0.2) is 0 Å². The van der Waals surface area contributed by atoms with Crippen LogP contribution in [0.4, 0.5) is 11.5 Å². The number of aromatic nitrogens is 1. The highest BCUT2D eigenvalue weighted by molar-refractivity contribution is 7.13. The van der Waals surface area contributed by atoms with Crippen molar-refractivity contribution >= 4 is 56.6 Å². The molecular formula is C23H25ClN4O3S. The van der Waals surface area contributed by atoms with E-state index in [1.165, 1.54) is 10.1 Å². The number of hydrogen-bond acceptors (Lipinski definition) is 6. The summed E-state index contributed by atoms with van der Waals surface area (Å²) in [5.74, 6) is 0.341. The summed E-state index contributed by atoms with van der Waals surface area (Å²) < 4.78 is 5.94. The fraction of sp³-hybridized carbons (Fsp3) is 0.348. The van der Waals surface area contributed by atoms with Crippen LogP contribution in [0, 0.1) is 0 Å². The Labute approximate surface area is 195 Å². The first-order valence-electron chi connectivity index (χ1n) is 10.5. The van der Waals surface area contributed by atoms with E-state index in [-0.39, 0.29) is 5.91 Å². The molecule has 32 heavy (non-hydrogen) atoms. The molecule has 7 nitrogen and oxygen atoms in total. The Kier molecular flexibility index (Phi) is 6.93. The number of amides is 1. The minimum Gasteiger partial charge on any atom is -0.481 e. The lowest BCUT2D eigenvalue weighted by atomic mass is 10.1. The van der Waals surface area contributed by atoms with Crippen LogP contribution in [0.25, 0.3) is 10.1 Å². The van der Waals surface area contributed by atoms with Gasteiger partial charge in [-0.3, -0.25) is 14.5 Å². The van der Waals surface area contributed by atoms with Crippen molar-refractivity contribution in [1.29, 1.82) is 0 Å². The van der Waals surface area contributed by atoms with E-state index in [2.05, 4.69) is 49.8 Å². The van der Waals surface area contributed by atoms with Crippen molar-refractivity contribution in [2.24, 2.45) is 0 Å². The molecule has 0 aliphatic carbocycles. The molecule has 2 aliphatic heterocycles. The van der Waals surface area contributed by atoms with Crippen LogP contribution in [0.2, 0.25) is 5.02 Å². The van der Waals surface area contributed by atoms with E-state index in [0.717, 1.165) is 73.7 Å². The third-order valence-electron chi connectivity index (χ3n) is 5.62. The Balaban J connectivity index is 0.000000567. The average molecular weight is 473 g/mol. The summed E-state index contributed by atoms with van der Waals surface area (Å²) >= 11 is 8.01. The molecule has 5 rings (SSSR count). The molecule has 9 heteroatoms. The van der Waals surface area contributed by atoms with Gasteiger partial charge < -0.3 is 15.3 Å². The van der Waals surface area contributed by atoms with E-state index in [0.29, 0.717) is 6.42 Å². The predicted molar refractivity (Wildman–Crippen MR) is 129 cm³/mol. The molecule has 168 valence electrons. The number of anilines is 2. The molecule has 1 aromatic heterocycles. The molecular weight excluding hydrogens is 448 g/mol. The standard InChI is InChI=1S/C21H21ClN4OS.C2H4O2/c22-17-13-18-15(12-20(27)23-18)11-14(17)5-6-25-7-9-26(10-8-25)21-16-3-1-2-4-19(16)28-24-21;1-2(3)4/h1-4,11,13H,5-10,12H2,(H,23,27);1H3,(H,3,4). The molecule has 2 aromatic carbocycles. The highest BCUT2D eigenvalue weighted by Crippen LogP contribution is 2.31. The summed E-state index contributed by atoms with van der Waals surface area (Å²) in [5, 5.41) is 12.3. The van der Waals surface area contributed by atoms with Crippen molar-refractivity contribution < 1.29 is 14.7 Å². The van der Waals surface area contributed by atoms with Crippen LogP contribution in [0.5, 0.6) is 0 Å². The van der Waals surface area contributed by atoms with Crippen molar-refractivity contribution in [3.63, 3.8) is 0 Å². The van der Waals surface area contributed by atoms with Gasteiger partial charge in [0.05, 0.1) is 11.1 Å². The molecule has 1 saturated heterocycles. The second-order valence-corrected chi connectivity index (χ2v) is 9.14. The number of hydrogen-bond donors (Lipinski definition) is 2. The molecule has 1 amide bonds. The maximum absolute atomic E-state index is 11.6. The summed E-state index contributed by atoms with van der Waals surface area (Å²) in [7, 11) is 0. The second kappa shape index (κ2) is 9.85. The number of nitrogens with zero attached hydrogens (tertiary/aromatic N) is 3. The van der Waals surface area contributed by atoms with Gasteiger partial charge in [0.25, 0.3) is 5.97 Å². The maximum atomic E-state index is 11.6. The summed E-state index contributed by atoms with van der Waals surface area (Å²) in [6.07, 6.45) is 1.36. The predicted octanol–water partition coefficient (Wildman–Crippen LogP) is 3.90. The number of halogens is 1. The first-order chi connectivity index (χ1) is 15.4. The molecule has 0 spiro atoms. The van der Waals surface area contributed by atoms with Crippen molar-refractivity contribution in [3.8, 4) is 0 Å². The number of benzene rings is 2. The van der Waals surface area contributed by atoms with Gasteiger partial charge in [-0.15, -0.1) is 0 Å². The number of piperazine rings is 1. The van der Waals surface area contributed by atoms with E-state index in [1.807, 2.05) is 6.07 Å². The molecule has 2 aliphatic rings. The number of aliphatic carboxylic acids is 1. The van der Waals surface area contributed by atoms with Gasteiger partial charge >= 0.3 is 0 Å². The lowest BCUT2D eigenvalue weighted by Crippen LogP contribution is -2.47. The Morgan fingerprint density at radius 1 is 1.22 bits per heavy atom. The molecule has 0 unspecified atom stereocenters. The van der Waals surface area contributed by atoms with E-state index in [1.54, 1.807) is 11.5 Å². The monoisotopic (exact) mass is 472 g/mol. The van der Waals surface area contributed by atoms with Gasteiger partial charge in [-0.2, -0.15) is 4.37 Å². The average Bonchev–Trinajstić information content (AvgIpc) is 3.34. The van der Waals surface area contributed by atoms with Gasteiger partial charge in [0.1, 0.15) is 5.82 Å². The summed E-state index contributed by atoms with van der Waals surface area (Å²) in [4.78, 5) is 25.4. The van der Waals surface area contributed by atoms with Gasteiger partial charge in [0.2, 0.25) is 5.91 Å². The first kappa shape index (κ1) is 22.5. The fourth-order valence-electron chi connectivity index (χ4n) is 4.05. The second-order valence-electron chi connectivity index (χ2n) is 7.93. The largest absolute Gasteiger partial charge is 0.481 e. The molecule has 2 N–H and O–H groups in total. The Hall–Kier alpha value is -2.68. The number of rotatable bonds is 4. The fourth-order valence-corrected chi connectivity index (χ4v) is 5.11. The van der Waals surface area contributed by atoms with Gasteiger partial charge in [0, 0.05) is 55.7 Å². The summed E-state index contributed by atoms with van der Waals surface area (Å²) in [5.41, 5.74) is 3.05. The van der Waals surface area contributed by atoms with Gasteiger partial charge in [0.15, 0.2) is 0 Å². The van der Waals surface area contributed by atoms with Crippen molar-refractivity contribution in [3.05, 3.63) is 52.5 Å². The van der Waals surface area contributed by atoms with Crippen LogP contribution >= 0.6 is 23.1 Å². The highest BCUT2D eigenvalue weighted by Gasteiger charge is 2.22. The van der Waals surface area contributed by atoms with Gasteiger partial charge in [-0.05, 0) is 47.3 Å². The van der Waals surface area contributed by atoms with Crippen LogP contribution in [0.15, 0.2) is 36.4 Å². The number of fused-ring (bicyclic) bond motifs is 2. The molecule has 3 aromatic rings. The summed E-state index contributed by atoms with van der Waals surface area (Å²) in [6.45, 7) is 6.09. The Morgan fingerprint density at radius 3 is 2.69 bits per heavy atom. The minimum atomic E-state index is -0.833. The van der Waals surface area contributed by atoms with Gasteiger partial charge in [-0.1, -0.05) is 29.8 Å². The van der Waals surface area contributed by atoms with Crippen LogP contribution in [-0.2, 0) is 22.4 Å². The van der Waals surface area contributed by atoms with E-state index < -0.39 is 5.97 Å². The molecule has 0 bridgehead atoms. The molecule has 0 radical (unpaired) electrons. The number of carbonyl (C=O) groups excluding carboxylic acids is 1. The lowest BCUT2D eigenvalue weighted by molar-refractivity contribution is -0.134. The van der Waals surface area contributed by atoms with E-state index in [4.69, 9.17) is 21.5 Å². The van der Waals surface area contributed by atoms with Crippen LogP contribution in [0.1, 0.15) is 18.1 Å². The normalized spacial score (nSPS) is 15.8. The third-order valence-corrected chi connectivity index (χ3v) is 6.79. The van der Waals surface area contributed by atoms with Crippen molar-refractivity contribution in [1.82, 2.24) is 9.27 Å². The van der Waals surface area contributed by atoms with E-state index >= 15 is 0 Å². The number of carboxylic acid groups (broad SMARTS) is 1. The topological polar surface area (TPSA) is 85.8 Å². The SMILES string of the molecule is CC(=O)O.O=C1Cc2cc(CCN3CCN(c4nsc5ccccc45)CC3)c(Cl)cc2N1. The molecule has 0 atom stereocenters. The highest BCUT2D eigenvalue weighted by atomic mass is 35.5. The van der Waals surface area contributed by atoms with Crippen molar-refractivity contribution in [2.45, 2.75) is 19.8 Å². The first-order valence-corrected chi connectivity index (χ1v) is 11.7. The quantitative estimate of drug-likeness (QED) is 0.599. The maximum Gasteiger partial charge on any atom is 0.300 e. The zero-order valence-electron chi connectivity index (χ0n) is 17.8. The molecule has 1 fully saturated rings. The zero-order valence-corrected chi connectivity index (χ0v) is 19.4. The molecule has 3 heterocycles. The van der Waals surface area contributed by atoms with Crippen LogP contribution in [0.3, 0.4) is 0 Å². The summed E-state index contributed by atoms with van der Waals surface area (Å²) in [6, 6.07) is 12.4. The number of carboxylic acids is 1. The van der Waals surface area contributed by atoms with Crippen LogP contribution < -0.4 is 10.2 Å². The van der Waals surface area contributed by atoms with E-state index in [9.17, 15) is 4.79 Å². The smallest absolute Gasteiger partial charge is 0.300 e. The van der Waals surface area contributed by atoms with Crippen LogP contribution in [-0.4, -0.2) is 59.0 Å². The molecule has 0 saturated carbocycles. The number of nitrogens with one attached hydrogen (secondary N) is 1. The Bertz CT molecular complexity index is 1140. The minimum absolute atomic E-state index is 0.0499. The van der Waals surface area contributed by atoms with Crippen molar-refractivity contribution in [2.75, 3.05) is 42.9 Å². The number of carbonyl (C=O) groups is 2. The Morgan fingerprint density at radius 2 is 1.94 bits per heavy atom. The third kappa shape index (κ3) is 5.20.